The number of ketones is 2. The van der Waals surface area contributed by atoms with E-state index in [-0.39, 0.29) is 44.4 Å². The monoisotopic (exact) mass is 598 g/mol. The maximum atomic E-state index is 12.9. The minimum Gasteiger partial charge on any atom is -0.480 e. The highest BCUT2D eigenvalue weighted by Crippen LogP contribution is 2.10. The molecule has 0 radical (unpaired) electrons. The van der Waals surface area contributed by atoms with Gasteiger partial charge in [-0.25, -0.2) is 0 Å². The molecule has 0 saturated carbocycles. The number of hydrogen-bond acceptors (Lipinski definition) is 9. The van der Waals surface area contributed by atoms with Crippen LogP contribution in [0.1, 0.15) is 30.0 Å². The van der Waals surface area contributed by atoms with Crippen molar-refractivity contribution in [3.8, 4) is 0 Å². The number of carbonyl (C=O) groups excluding carboxylic acids is 2. The lowest BCUT2D eigenvalue weighted by atomic mass is 10.0. The van der Waals surface area contributed by atoms with E-state index in [1.807, 2.05) is 66.4 Å². The van der Waals surface area contributed by atoms with Crippen LogP contribution in [-0.4, -0.2) is 120 Å². The molecule has 2 aromatic carbocycles. The fraction of sp³-hybridized carbons (Fsp3) is 0.500. The van der Waals surface area contributed by atoms with E-state index in [0.717, 1.165) is 16.7 Å². The van der Waals surface area contributed by atoms with Gasteiger partial charge in [0.25, 0.3) is 0 Å². The topological polar surface area (TPSA) is 154 Å². The molecule has 2 rings (SSSR count). The number of nitrogens with zero attached hydrogens (tertiary/aromatic N) is 3. The first kappa shape index (κ1) is 35.7. The highest BCUT2D eigenvalue weighted by molar-refractivity contribution is 5.85. The Balaban J connectivity index is 1.79. The maximum Gasteiger partial charge on any atom is 0.317 e. The molecule has 0 saturated heterocycles. The first-order valence-corrected chi connectivity index (χ1v) is 14.6. The van der Waals surface area contributed by atoms with Gasteiger partial charge in [-0.2, -0.15) is 0 Å². The molecule has 0 bridgehead atoms. The van der Waals surface area contributed by atoms with Crippen molar-refractivity contribution in [2.45, 2.75) is 38.8 Å². The van der Waals surface area contributed by atoms with Crippen molar-refractivity contribution in [3.63, 3.8) is 0 Å². The SMILES string of the molecule is CCN(CCN(CCN(C)CC(=O)O)CC(=O)CCc1ccc(COCC(=O)[C@H](N)Cc2ccccc2)cc1)CC(=O)O. The summed E-state index contributed by atoms with van der Waals surface area (Å²) in [4.78, 5) is 52.7. The molecule has 11 nitrogen and oxygen atoms in total. The smallest absolute Gasteiger partial charge is 0.317 e. The van der Waals surface area contributed by atoms with Crippen molar-refractivity contribution in [3.05, 3.63) is 71.3 Å². The molecule has 0 fully saturated rings. The molecule has 0 unspecified atom stereocenters. The Morgan fingerprint density at radius 1 is 0.791 bits per heavy atom. The Kier molecular flexibility index (Phi) is 16.3. The fourth-order valence-electron chi connectivity index (χ4n) is 4.49. The standard InChI is InChI=1S/C32H46N4O7/c1-3-35(22-32(41)42)17-18-36(16-15-34(2)21-31(39)40)20-28(37)14-13-25-9-11-27(12-10-25)23-43-24-30(38)29(33)19-26-7-5-4-6-8-26/h4-12,29H,3,13-24,33H2,1-2H3,(H,39,40)(H,41,42)/t29-/m1/s1. The van der Waals surface area contributed by atoms with Gasteiger partial charge in [0.15, 0.2) is 5.78 Å². The fourth-order valence-corrected chi connectivity index (χ4v) is 4.49. The molecular weight excluding hydrogens is 552 g/mol. The molecule has 0 aliphatic heterocycles. The molecule has 4 N–H and O–H groups in total. The molecule has 0 spiro atoms. The highest BCUT2D eigenvalue weighted by Gasteiger charge is 2.16. The van der Waals surface area contributed by atoms with Gasteiger partial charge in [0.05, 0.1) is 32.3 Å². The second-order valence-corrected chi connectivity index (χ2v) is 10.8. The molecule has 43 heavy (non-hydrogen) atoms. The van der Waals surface area contributed by atoms with Gasteiger partial charge in [0, 0.05) is 32.6 Å². The summed E-state index contributed by atoms with van der Waals surface area (Å²) in [5, 5.41) is 18.1. The quantitative estimate of drug-likeness (QED) is 0.171. The van der Waals surface area contributed by atoms with Crippen molar-refractivity contribution in [1.29, 1.82) is 0 Å². The number of hydrogen-bond donors (Lipinski definition) is 3. The molecule has 0 amide bonds. The summed E-state index contributed by atoms with van der Waals surface area (Å²) in [5.74, 6) is -1.91. The predicted molar refractivity (Wildman–Crippen MR) is 164 cm³/mol. The number of carboxylic acids is 2. The molecule has 2 aromatic rings. The van der Waals surface area contributed by atoms with Crippen LogP contribution in [-0.2, 0) is 43.4 Å². The van der Waals surface area contributed by atoms with Crippen LogP contribution in [0.3, 0.4) is 0 Å². The van der Waals surface area contributed by atoms with Gasteiger partial charge in [0.2, 0.25) is 0 Å². The molecule has 0 heterocycles. The van der Waals surface area contributed by atoms with Crippen molar-refractivity contribution >= 4 is 23.5 Å². The van der Waals surface area contributed by atoms with E-state index < -0.39 is 18.0 Å². The Bertz CT molecular complexity index is 1140. The van der Waals surface area contributed by atoms with Crippen LogP contribution in [0.4, 0.5) is 0 Å². The maximum absolute atomic E-state index is 12.9. The molecule has 1 atom stereocenters. The van der Waals surface area contributed by atoms with Crippen molar-refractivity contribution in [2.75, 3.05) is 66.0 Å². The zero-order valence-electron chi connectivity index (χ0n) is 25.3. The summed E-state index contributed by atoms with van der Waals surface area (Å²) in [6.07, 6.45) is 1.38. The molecule has 0 aliphatic carbocycles. The number of carboxylic acid groups (broad SMARTS) is 2. The average molecular weight is 599 g/mol. The summed E-state index contributed by atoms with van der Waals surface area (Å²) in [7, 11) is 1.71. The number of nitrogens with two attached hydrogens (primary N) is 1. The van der Waals surface area contributed by atoms with Crippen LogP contribution >= 0.6 is 0 Å². The lowest BCUT2D eigenvalue weighted by Crippen LogP contribution is -2.43. The summed E-state index contributed by atoms with van der Waals surface area (Å²) in [6, 6.07) is 16.7. The largest absolute Gasteiger partial charge is 0.480 e. The lowest BCUT2D eigenvalue weighted by molar-refractivity contribution is -0.139. The number of aryl methyl sites for hydroxylation is 1. The van der Waals surface area contributed by atoms with E-state index in [1.54, 1.807) is 16.8 Å². The predicted octanol–water partition coefficient (Wildman–Crippen LogP) is 1.57. The second kappa shape index (κ2) is 19.7. The summed E-state index contributed by atoms with van der Waals surface area (Å²) < 4.78 is 5.59. The number of benzene rings is 2. The van der Waals surface area contributed by atoms with Crippen molar-refractivity contribution < 1.29 is 34.1 Å². The third kappa shape index (κ3) is 15.5. The molecule has 0 aliphatic rings. The van der Waals surface area contributed by atoms with E-state index in [0.29, 0.717) is 52.0 Å². The van der Waals surface area contributed by atoms with Crippen LogP contribution in [0.5, 0.6) is 0 Å². The summed E-state index contributed by atoms with van der Waals surface area (Å²) >= 11 is 0. The van der Waals surface area contributed by atoms with Gasteiger partial charge < -0.3 is 20.7 Å². The van der Waals surface area contributed by atoms with Gasteiger partial charge in [-0.1, -0.05) is 61.5 Å². The normalized spacial score (nSPS) is 12.1. The number of Topliss-reactive ketones (excluding diaryl/α,β-unsaturated/α-hetero) is 2. The zero-order chi connectivity index (χ0) is 31.6. The third-order valence-electron chi connectivity index (χ3n) is 7.08. The van der Waals surface area contributed by atoms with Crippen LogP contribution in [0.25, 0.3) is 0 Å². The van der Waals surface area contributed by atoms with Crippen LogP contribution < -0.4 is 5.73 Å². The van der Waals surface area contributed by atoms with Gasteiger partial charge in [-0.15, -0.1) is 0 Å². The van der Waals surface area contributed by atoms with Crippen LogP contribution in [0.2, 0.25) is 0 Å². The molecule has 0 aromatic heterocycles. The zero-order valence-corrected chi connectivity index (χ0v) is 25.3. The van der Waals surface area contributed by atoms with Crippen molar-refractivity contribution in [2.24, 2.45) is 5.73 Å². The Hall–Kier alpha value is -3.48. The number of likely N-dealkylation sites (N-methyl/N-ethyl adjacent to an activating group) is 2. The average Bonchev–Trinajstić information content (AvgIpc) is 2.97. The van der Waals surface area contributed by atoms with Gasteiger partial charge >= 0.3 is 11.9 Å². The Morgan fingerprint density at radius 3 is 2.02 bits per heavy atom. The molecular formula is C32H46N4O7. The summed E-state index contributed by atoms with van der Waals surface area (Å²) in [6.45, 7) is 4.69. The van der Waals surface area contributed by atoms with Gasteiger partial charge in [0.1, 0.15) is 12.4 Å². The number of ether oxygens (including phenoxy) is 1. The van der Waals surface area contributed by atoms with E-state index >= 15 is 0 Å². The number of rotatable bonds is 23. The molecule has 11 heteroatoms. The minimum atomic E-state index is -0.919. The molecule has 236 valence electrons. The van der Waals surface area contributed by atoms with Crippen molar-refractivity contribution in [1.82, 2.24) is 14.7 Å². The summed E-state index contributed by atoms with van der Waals surface area (Å²) in [5.41, 5.74) is 8.96. The number of aliphatic carboxylic acids is 2. The lowest BCUT2D eigenvalue weighted by Gasteiger charge is -2.27. The van der Waals surface area contributed by atoms with Crippen LogP contribution in [0, 0.1) is 0 Å². The number of carbonyl (C=O) groups is 4. The second-order valence-electron chi connectivity index (χ2n) is 10.8. The first-order chi connectivity index (χ1) is 20.5. The minimum absolute atomic E-state index is 0.0555. The van der Waals surface area contributed by atoms with E-state index in [4.69, 9.17) is 20.7 Å². The van der Waals surface area contributed by atoms with Gasteiger partial charge in [-0.3, -0.25) is 33.9 Å². The van der Waals surface area contributed by atoms with E-state index in [9.17, 15) is 19.2 Å². The third-order valence-corrected chi connectivity index (χ3v) is 7.08. The Labute approximate surface area is 254 Å². The first-order valence-electron chi connectivity index (χ1n) is 14.6. The van der Waals surface area contributed by atoms with E-state index in [1.165, 1.54) is 0 Å². The van der Waals surface area contributed by atoms with Crippen LogP contribution in [0.15, 0.2) is 54.6 Å². The Morgan fingerprint density at radius 2 is 1.40 bits per heavy atom. The van der Waals surface area contributed by atoms with E-state index in [2.05, 4.69) is 0 Å². The van der Waals surface area contributed by atoms with Gasteiger partial charge in [-0.05, 0) is 43.1 Å². The highest BCUT2D eigenvalue weighted by atomic mass is 16.5.